The third-order valence-electron chi connectivity index (χ3n) is 4.18. The summed E-state index contributed by atoms with van der Waals surface area (Å²) in [5, 5.41) is 7.33. The van der Waals surface area contributed by atoms with E-state index in [0.717, 1.165) is 5.56 Å². The number of carbonyl (C=O) groups excluding carboxylic acids is 2. The number of nitrogens with one attached hydrogen (secondary N) is 2. The highest BCUT2D eigenvalue weighted by Crippen LogP contribution is 2.24. The van der Waals surface area contributed by atoms with E-state index in [1.807, 2.05) is 6.92 Å². The topological polar surface area (TPSA) is 89.0 Å². The van der Waals surface area contributed by atoms with Gasteiger partial charge < -0.3 is 14.8 Å². The van der Waals surface area contributed by atoms with E-state index in [0.29, 0.717) is 34.2 Å². The average Bonchev–Trinajstić information content (AvgIpc) is 2.71. The van der Waals surface area contributed by atoms with Gasteiger partial charge in [0.15, 0.2) is 0 Å². The van der Waals surface area contributed by atoms with Crippen molar-refractivity contribution in [3.05, 3.63) is 52.5 Å². The quantitative estimate of drug-likeness (QED) is 0.478. The summed E-state index contributed by atoms with van der Waals surface area (Å²) in [7, 11) is 3.11. The molecule has 0 aliphatic carbocycles. The van der Waals surface area contributed by atoms with Crippen LogP contribution >= 0.6 is 11.6 Å². The Morgan fingerprint density at radius 2 is 1.86 bits per heavy atom. The van der Waals surface area contributed by atoms with Crippen LogP contribution in [0.15, 0.2) is 41.5 Å². The van der Waals surface area contributed by atoms with Gasteiger partial charge in [-0.05, 0) is 43.2 Å². The van der Waals surface area contributed by atoms with Gasteiger partial charge in [-0.3, -0.25) is 9.59 Å². The molecule has 0 heterocycles. The minimum absolute atomic E-state index is 0.172. The Kier molecular flexibility index (Phi) is 8.48. The number of halogens is 1. The molecule has 2 amide bonds. The van der Waals surface area contributed by atoms with Crippen molar-refractivity contribution in [1.82, 2.24) is 5.43 Å². The minimum Gasteiger partial charge on any atom is -0.497 e. The molecule has 2 aromatic rings. The van der Waals surface area contributed by atoms with Gasteiger partial charge in [-0.15, -0.1) is 0 Å². The van der Waals surface area contributed by atoms with E-state index in [2.05, 4.69) is 15.8 Å². The van der Waals surface area contributed by atoms with Crippen LogP contribution in [0.5, 0.6) is 11.5 Å². The van der Waals surface area contributed by atoms with Crippen molar-refractivity contribution in [2.24, 2.45) is 5.10 Å². The van der Waals surface area contributed by atoms with Crippen LogP contribution < -0.4 is 20.2 Å². The zero-order valence-electron chi connectivity index (χ0n) is 16.6. The molecule has 2 rings (SSSR count). The molecule has 2 N–H and O–H groups in total. The lowest BCUT2D eigenvalue weighted by Gasteiger charge is -2.09. The van der Waals surface area contributed by atoms with Crippen molar-refractivity contribution in [3.8, 4) is 11.5 Å². The summed E-state index contributed by atoms with van der Waals surface area (Å²) in [6.45, 7) is 1.83. The molecule has 7 nitrogen and oxygen atoms in total. The predicted octanol–water partition coefficient (Wildman–Crippen LogP) is 3.92. The first kappa shape index (κ1) is 22.2. The molecular weight excluding hydrogens is 394 g/mol. The third kappa shape index (κ3) is 6.80. The lowest BCUT2D eigenvalue weighted by Crippen LogP contribution is -2.18. The molecule has 0 saturated carbocycles. The Labute approximate surface area is 175 Å². The van der Waals surface area contributed by atoms with Crippen molar-refractivity contribution in [1.29, 1.82) is 0 Å². The van der Waals surface area contributed by atoms with E-state index in [-0.39, 0.29) is 24.7 Å². The van der Waals surface area contributed by atoms with Crippen molar-refractivity contribution in [2.75, 3.05) is 19.5 Å². The molecule has 2 aromatic carbocycles. The monoisotopic (exact) mass is 417 g/mol. The van der Waals surface area contributed by atoms with Gasteiger partial charge >= 0.3 is 0 Å². The van der Waals surface area contributed by atoms with Crippen LogP contribution in [-0.4, -0.2) is 32.2 Å². The van der Waals surface area contributed by atoms with Gasteiger partial charge in [0, 0.05) is 35.2 Å². The second-order valence-corrected chi connectivity index (χ2v) is 6.62. The Bertz CT molecular complexity index is 899. The molecule has 0 aliphatic rings. The summed E-state index contributed by atoms with van der Waals surface area (Å²) in [6, 6.07) is 10.6. The van der Waals surface area contributed by atoms with E-state index in [4.69, 9.17) is 21.1 Å². The fourth-order valence-electron chi connectivity index (χ4n) is 2.52. The summed E-state index contributed by atoms with van der Waals surface area (Å²) in [4.78, 5) is 23.9. The van der Waals surface area contributed by atoms with Gasteiger partial charge in [0.05, 0.1) is 20.4 Å². The standard InChI is InChI=1S/C21H24ClN3O4/c1-14-17(22)6-4-7-18(14)24-20(26)8-5-9-21(27)25-23-13-15-10-11-16(28-2)12-19(15)29-3/h4,6-7,10-13H,5,8-9H2,1-3H3,(H,24,26)(H,25,27)/b23-13-. The van der Waals surface area contributed by atoms with E-state index in [1.54, 1.807) is 50.6 Å². The van der Waals surface area contributed by atoms with Gasteiger partial charge in [-0.2, -0.15) is 5.10 Å². The zero-order chi connectivity index (χ0) is 21.2. The van der Waals surface area contributed by atoms with Crippen molar-refractivity contribution in [3.63, 3.8) is 0 Å². The van der Waals surface area contributed by atoms with Gasteiger partial charge in [0.1, 0.15) is 11.5 Å². The molecular formula is C21H24ClN3O4. The number of hydrogen-bond donors (Lipinski definition) is 2. The number of carbonyl (C=O) groups is 2. The van der Waals surface area contributed by atoms with Gasteiger partial charge in [0.25, 0.3) is 0 Å². The Hall–Kier alpha value is -3.06. The van der Waals surface area contributed by atoms with Crippen molar-refractivity contribution in [2.45, 2.75) is 26.2 Å². The Balaban J connectivity index is 1.76. The number of benzene rings is 2. The molecule has 0 saturated heterocycles. The second-order valence-electron chi connectivity index (χ2n) is 6.22. The summed E-state index contributed by atoms with van der Waals surface area (Å²) in [5.74, 6) is 0.791. The number of hydrogen-bond acceptors (Lipinski definition) is 5. The molecule has 0 aliphatic heterocycles. The fourth-order valence-corrected chi connectivity index (χ4v) is 2.69. The second kappa shape index (κ2) is 11.1. The van der Waals surface area contributed by atoms with Crippen LogP contribution in [0.25, 0.3) is 0 Å². The number of methoxy groups -OCH3 is 2. The lowest BCUT2D eigenvalue weighted by atomic mass is 10.2. The van der Waals surface area contributed by atoms with Crippen LogP contribution in [0.4, 0.5) is 5.69 Å². The Morgan fingerprint density at radius 3 is 2.59 bits per heavy atom. The summed E-state index contributed by atoms with van der Waals surface area (Å²) < 4.78 is 10.4. The molecule has 154 valence electrons. The lowest BCUT2D eigenvalue weighted by molar-refractivity contribution is -0.121. The van der Waals surface area contributed by atoms with E-state index in [9.17, 15) is 9.59 Å². The first-order chi connectivity index (χ1) is 13.9. The van der Waals surface area contributed by atoms with Crippen LogP contribution in [0.2, 0.25) is 5.02 Å². The normalized spacial score (nSPS) is 10.6. The number of nitrogens with zero attached hydrogens (tertiary/aromatic N) is 1. The molecule has 0 aromatic heterocycles. The maximum Gasteiger partial charge on any atom is 0.240 e. The molecule has 0 unspecified atom stereocenters. The molecule has 0 spiro atoms. The maximum absolute atomic E-state index is 12.0. The van der Waals surface area contributed by atoms with Crippen LogP contribution in [0.1, 0.15) is 30.4 Å². The number of rotatable bonds is 9. The Morgan fingerprint density at radius 1 is 1.10 bits per heavy atom. The SMILES string of the molecule is COc1ccc(/C=N\NC(=O)CCCC(=O)Nc2cccc(Cl)c2C)c(OC)c1. The molecule has 29 heavy (non-hydrogen) atoms. The van der Waals surface area contributed by atoms with Crippen LogP contribution in [-0.2, 0) is 9.59 Å². The fraction of sp³-hybridized carbons (Fsp3) is 0.286. The number of anilines is 1. The number of amides is 2. The van der Waals surface area contributed by atoms with Crippen molar-refractivity contribution >= 4 is 35.3 Å². The van der Waals surface area contributed by atoms with Gasteiger partial charge in [0.2, 0.25) is 11.8 Å². The molecule has 0 atom stereocenters. The summed E-state index contributed by atoms with van der Waals surface area (Å²) >= 11 is 6.04. The van der Waals surface area contributed by atoms with E-state index in [1.165, 1.54) is 6.21 Å². The van der Waals surface area contributed by atoms with Crippen LogP contribution in [0.3, 0.4) is 0 Å². The highest BCUT2D eigenvalue weighted by Gasteiger charge is 2.08. The molecule has 0 fully saturated rings. The smallest absolute Gasteiger partial charge is 0.240 e. The molecule has 0 radical (unpaired) electrons. The van der Waals surface area contributed by atoms with E-state index >= 15 is 0 Å². The first-order valence-electron chi connectivity index (χ1n) is 9.03. The first-order valence-corrected chi connectivity index (χ1v) is 9.41. The zero-order valence-corrected chi connectivity index (χ0v) is 17.4. The number of ether oxygens (including phenoxy) is 2. The predicted molar refractivity (Wildman–Crippen MR) is 114 cm³/mol. The van der Waals surface area contributed by atoms with Gasteiger partial charge in [-0.1, -0.05) is 17.7 Å². The third-order valence-corrected chi connectivity index (χ3v) is 4.59. The van der Waals surface area contributed by atoms with E-state index < -0.39 is 0 Å². The maximum atomic E-state index is 12.0. The summed E-state index contributed by atoms with van der Waals surface area (Å²) in [6.07, 6.45) is 2.29. The van der Waals surface area contributed by atoms with Gasteiger partial charge in [-0.25, -0.2) is 5.43 Å². The highest BCUT2D eigenvalue weighted by atomic mass is 35.5. The van der Waals surface area contributed by atoms with Crippen LogP contribution in [0, 0.1) is 6.92 Å². The highest BCUT2D eigenvalue weighted by molar-refractivity contribution is 6.31. The number of hydrazone groups is 1. The minimum atomic E-state index is -0.277. The molecule has 0 bridgehead atoms. The average molecular weight is 418 g/mol. The van der Waals surface area contributed by atoms with Crippen molar-refractivity contribution < 1.29 is 19.1 Å². The largest absolute Gasteiger partial charge is 0.497 e. The summed E-state index contributed by atoms with van der Waals surface area (Å²) in [5.41, 5.74) is 4.62. The molecule has 8 heteroatoms.